The van der Waals surface area contributed by atoms with Crippen molar-refractivity contribution >= 4 is 17.5 Å². The first-order valence-corrected chi connectivity index (χ1v) is 7.88. The zero-order valence-corrected chi connectivity index (χ0v) is 12.2. The van der Waals surface area contributed by atoms with E-state index in [-0.39, 0.29) is 5.91 Å². The van der Waals surface area contributed by atoms with Gasteiger partial charge in [-0.25, -0.2) is 0 Å². The maximum atomic E-state index is 12.7. The normalized spacial score (nSPS) is 27.9. The molecular formula is C17H18ClNO. The highest BCUT2D eigenvalue weighted by Gasteiger charge is 2.42. The molecule has 20 heavy (non-hydrogen) atoms. The molecule has 2 saturated heterocycles. The Morgan fingerprint density at radius 1 is 1.00 bits per heavy atom. The van der Waals surface area contributed by atoms with Gasteiger partial charge in [-0.15, -0.1) is 0 Å². The second-order valence-electron chi connectivity index (χ2n) is 6.22. The van der Waals surface area contributed by atoms with Gasteiger partial charge in [0.15, 0.2) is 0 Å². The number of piperidine rings is 1. The number of carbonyl (C=O) groups excluding carboxylic acids is 1. The van der Waals surface area contributed by atoms with Crippen LogP contribution in [0.15, 0.2) is 35.4 Å². The van der Waals surface area contributed by atoms with Gasteiger partial charge in [-0.05, 0) is 62.8 Å². The van der Waals surface area contributed by atoms with E-state index in [9.17, 15) is 4.79 Å². The Balaban J connectivity index is 1.59. The molecule has 0 spiro atoms. The molecule has 0 radical (unpaired) electrons. The third-order valence-electron chi connectivity index (χ3n) is 4.91. The van der Waals surface area contributed by atoms with Gasteiger partial charge in [-0.1, -0.05) is 22.7 Å². The van der Waals surface area contributed by atoms with E-state index in [0.717, 1.165) is 18.4 Å². The topological polar surface area (TPSA) is 20.3 Å². The Morgan fingerprint density at radius 2 is 1.60 bits per heavy atom. The van der Waals surface area contributed by atoms with Gasteiger partial charge in [-0.3, -0.25) is 4.79 Å². The summed E-state index contributed by atoms with van der Waals surface area (Å²) in [5.41, 5.74) is 4.12. The number of allylic oxidation sites excluding steroid dienone is 1. The van der Waals surface area contributed by atoms with Crippen molar-refractivity contribution in [2.24, 2.45) is 0 Å². The van der Waals surface area contributed by atoms with Crippen LogP contribution in [0.2, 0.25) is 5.02 Å². The molecule has 4 rings (SSSR count). The molecule has 3 heteroatoms. The third-order valence-corrected chi connectivity index (χ3v) is 5.16. The summed E-state index contributed by atoms with van der Waals surface area (Å²) in [6, 6.07) is 8.16. The average Bonchev–Trinajstić information content (AvgIpc) is 3.25. The molecule has 1 aliphatic carbocycles. The van der Waals surface area contributed by atoms with E-state index in [4.69, 9.17) is 11.6 Å². The van der Waals surface area contributed by atoms with Gasteiger partial charge < -0.3 is 4.90 Å². The van der Waals surface area contributed by atoms with Crippen LogP contribution in [0, 0.1) is 0 Å². The molecule has 3 fully saturated rings. The minimum absolute atomic E-state index is 0.189. The van der Waals surface area contributed by atoms with Gasteiger partial charge in [0.1, 0.15) is 0 Å². The van der Waals surface area contributed by atoms with Crippen LogP contribution in [0.1, 0.15) is 48.9 Å². The fourth-order valence-electron chi connectivity index (χ4n) is 3.79. The Bertz CT molecular complexity index is 568. The predicted octanol–water partition coefficient (Wildman–Crippen LogP) is 4.20. The Morgan fingerprint density at radius 3 is 2.15 bits per heavy atom. The number of hydrogen-bond acceptors (Lipinski definition) is 1. The Kier molecular flexibility index (Phi) is 2.88. The van der Waals surface area contributed by atoms with Gasteiger partial charge in [0.2, 0.25) is 0 Å². The average molecular weight is 288 g/mol. The summed E-state index contributed by atoms with van der Waals surface area (Å²) < 4.78 is 0. The summed E-state index contributed by atoms with van der Waals surface area (Å²) in [5, 5.41) is 0.684. The SMILES string of the molecule is O=C(c1ccc(Cl)cc1)N1C2CCC1CC(=C1CC1)C2. The fourth-order valence-corrected chi connectivity index (χ4v) is 3.92. The summed E-state index contributed by atoms with van der Waals surface area (Å²) in [6.07, 6.45) is 7.18. The molecule has 0 N–H and O–H groups in total. The molecule has 2 heterocycles. The quantitative estimate of drug-likeness (QED) is 0.709. The summed E-state index contributed by atoms with van der Waals surface area (Å²) in [4.78, 5) is 14.9. The van der Waals surface area contributed by atoms with Gasteiger partial charge in [0.05, 0.1) is 0 Å². The van der Waals surface area contributed by atoms with Crippen LogP contribution < -0.4 is 0 Å². The van der Waals surface area contributed by atoms with Crippen molar-refractivity contribution in [2.75, 3.05) is 0 Å². The molecule has 2 unspecified atom stereocenters. The first-order valence-electron chi connectivity index (χ1n) is 7.50. The van der Waals surface area contributed by atoms with Crippen LogP contribution in [0.5, 0.6) is 0 Å². The van der Waals surface area contributed by atoms with Crippen molar-refractivity contribution in [3.05, 3.63) is 46.0 Å². The molecule has 1 saturated carbocycles. The minimum atomic E-state index is 0.189. The lowest BCUT2D eigenvalue weighted by Crippen LogP contribution is -2.44. The molecule has 1 amide bonds. The highest BCUT2D eigenvalue weighted by molar-refractivity contribution is 6.30. The fraction of sp³-hybridized carbons (Fsp3) is 0.471. The van der Waals surface area contributed by atoms with Crippen LogP contribution in [-0.4, -0.2) is 22.9 Å². The van der Waals surface area contributed by atoms with Gasteiger partial charge in [-0.2, -0.15) is 0 Å². The lowest BCUT2D eigenvalue weighted by Gasteiger charge is -2.36. The maximum Gasteiger partial charge on any atom is 0.254 e. The van der Waals surface area contributed by atoms with Gasteiger partial charge >= 0.3 is 0 Å². The number of halogens is 1. The van der Waals surface area contributed by atoms with Crippen molar-refractivity contribution in [1.82, 2.24) is 4.90 Å². The van der Waals surface area contributed by atoms with Crippen LogP contribution in [0.3, 0.4) is 0 Å². The zero-order chi connectivity index (χ0) is 13.7. The molecule has 2 aliphatic heterocycles. The number of fused-ring (bicyclic) bond motifs is 2. The van der Waals surface area contributed by atoms with Gasteiger partial charge in [0, 0.05) is 22.7 Å². The molecular weight excluding hydrogens is 270 g/mol. The number of carbonyl (C=O) groups is 1. The number of nitrogens with zero attached hydrogens (tertiary/aromatic N) is 1. The standard InChI is InChI=1S/C17H18ClNO/c18-14-5-3-12(4-6-14)17(20)19-15-7-8-16(19)10-13(9-15)11-1-2-11/h3-6,15-16H,1-2,7-10H2. The van der Waals surface area contributed by atoms with Gasteiger partial charge in [0.25, 0.3) is 5.91 Å². The smallest absolute Gasteiger partial charge is 0.254 e. The predicted molar refractivity (Wildman–Crippen MR) is 79.9 cm³/mol. The first-order chi connectivity index (χ1) is 9.72. The van der Waals surface area contributed by atoms with Crippen molar-refractivity contribution < 1.29 is 4.79 Å². The second kappa shape index (κ2) is 4.63. The molecule has 104 valence electrons. The van der Waals surface area contributed by atoms with E-state index in [0.29, 0.717) is 17.1 Å². The summed E-state index contributed by atoms with van der Waals surface area (Å²) >= 11 is 5.90. The van der Waals surface area contributed by atoms with Crippen LogP contribution >= 0.6 is 11.6 Å². The highest BCUT2D eigenvalue weighted by Crippen LogP contribution is 2.45. The van der Waals surface area contributed by atoms with Crippen LogP contribution in [0.25, 0.3) is 0 Å². The third kappa shape index (κ3) is 2.07. The Labute approximate surface area is 124 Å². The van der Waals surface area contributed by atoms with Crippen molar-refractivity contribution in [3.63, 3.8) is 0 Å². The largest absolute Gasteiger partial charge is 0.332 e. The van der Waals surface area contributed by atoms with E-state index in [2.05, 4.69) is 4.90 Å². The Hall–Kier alpha value is -1.28. The van der Waals surface area contributed by atoms with E-state index >= 15 is 0 Å². The van der Waals surface area contributed by atoms with E-state index < -0.39 is 0 Å². The molecule has 1 aromatic carbocycles. The lowest BCUT2D eigenvalue weighted by atomic mass is 9.95. The summed E-state index contributed by atoms with van der Waals surface area (Å²) in [5.74, 6) is 0.189. The zero-order valence-electron chi connectivity index (χ0n) is 11.4. The van der Waals surface area contributed by atoms with E-state index in [1.807, 2.05) is 12.1 Å². The molecule has 2 nitrogen and oxygen atoms in total. The van der Waals surface area contributed by atoms with Crippen LogP contribution in [0.4, 0.5) is 0 Å². The molecule has 2 bridgehead atoms. The second-order valence-corrected chi connectivity index (χ2v) is 6.66. The highest BCUT2D eigenvalue weighted by atomic mass is 35.5. The van der Waals surface area contributed by atoms with Crippen molar-refractivity contribution in [1.29, 1.82) is 0 Å². The maximum absolute atomic E-state index is 12.7. The number of rotatable bonds is 1. The minimum Gasteiger partial charge on any atom is -0.332 e. The summed E-state index contributed by atoms with van der Waals surface area (Å²) in [7, 11) is 0. The number of hydrogen-bond donors (Lipinski definition) is 0. The van der Waals surface area contributed by atoms with E-state index in [1.165, 1.54) is 25.7 Å². The summed E-state index contributed by atoms with van der Waals surface area (Å²) in [6.45, 7) is 0. The van der Waals surface area contributed by atoms with Crippen LogP contribution in [-0.2, 0) is 0 Å². The first kappa shape index (κ1) is 12.5. The molecule has 1 aromatic rings. The molecule has 3 aliphatic rings. The molecule has 2 atom stereocenters. The number of benzene rings is 1. The molecule has 0 aromatic heterocycles. The van der Waals surface area contributed by atoms with E-state index in [1.54, 1.807) is 23.3 Å². The number of amides is 1. The monoisotopic (exact) mass is 287 g/mol. The van der Waals surface area contributed by atoms with Crippen molar-refractivity contribution in [3.8, 4) is 0 Å². The van der Waals surface area contributed by atoms with Crippen molar-refractivity contribution in [2.45, 2.75) is 50.6 Å². The lowest BCUT2D eigenvalue weighted by molar-refractivity contribution is 0.0634.